The first-order valence-electron chi connectivity index (χ1n) is 29.2. The summed E-state index contributed by atoms with van der Waals surface area (Å²) in [6.07, 6.45) is 76.8. The van der Waals surface area contributed by atoms with E-state index in [0.717, 1.165) is 128 Å². The van der Waals surface area contributed by atoms with E-state index in [1.165, 1.54) is 103 Å². The van der Waals surface area contributed by atoms with Crippen LogP contribution >= 0.6 is 0 Å². The fourth-order valence-electron chi connectivity index (χ4n) is 8.01. The van der Waals surface area contributed by atoms with Crippen molar-refractivity contribution < 1.29 is 28.6 Å². The van der Waals surface area contributed by atoms with E-state index in [2.05, 4.69) is 118 Å². The molecule has 0 aliphatic carbocycles. The van der Waals surface area contributed by atoms with Crippen molar-refractivity contribution in [3.05, 3.63) is 97.2 Å². The van der Waals surface area contributed by atoms with Gasteiger partial charge in [0, 0.05) is 19.3 Å². The molecule has 0 fully saturated rings. The number of ether oxygens (including phenoxy) is 3. The summed E-state index contributed by atoms with van der Waals surface area (Å²) in [5.74, 6) is -0.915. The number of carbonyl (C=O) groups excluding carboxylic acids is 3. The van der Waals surface area contributed by atoms with Crippen LogP contribution in [0.25, 0.3) is 0 Å². The molecule has 0 spiro atoms. The highest BCUT2D eigenvalue weighted by atomic mass is 16.6. The molecule has 70 heavy (non-hydrogen) atoms. The lowest BCUT2D eigenvalue weighted by Gasteiger charge is -2.18. The van der Waals surface area contributed by atoms with Crippen LogP contribution in [-0.2, 0) is 28.6 Å². The van der Waals surface area contributed by atoms with Gasteiger partial charge in [0.2, 0.25) is 0 Å². The average molecular weight is 974 g/mol. The van der Waals surface area contributed by atoms with Gasteiger partial charge in [-0.1, -0.05) is 253 Å². The van der Waals surface area contributed by atoms with Crippen molar-refractivity contribution in [1.82, 2.24) is 0 Å². The van der Waals surface area contributed by atoms with Gasteiger partial charge in [-0.3, -0.25) is 14.4 Å². The molecule has 0 rings (SSSR count). The van der Waals surface area contributed by atoms with Crippen molar-refractivity contribution in [1.29, 1.82) is 0 Å². The maximum Gasteiger partial charge on any atom is 0.306 e. The normalized spacial score (nSPS) is 12.8. The zero-order valence-corrected chi connectivity index (χ0v) is 45.8. The Morgan fingerprint density at radius 3 is 0.871 bits per heavy atom. The first-order chi connectivity index (χ1) is 34.5. The van der Waals surface area contributed by atoms with E-state index in [4.69, 9.17) is 14.2 Å². The number of carbonyl (C=O) groups is 3. The Kier molecular flexibility index (Phi) is 54.9. The quantitative estimate of drug-likeness (QED) is 0.0262. The minimum absolute atomic E-state index is 0.0885. The highest BCUT2D eigenvalue weighted by Crippen LogP contribution is 2.15. The molecular formula is C64H108O6. The molecule has 0 aromatic heterocycles. The average Bonchev–Trinajstić information content (AvgIpc) is 3.36. The van der Waals surface area contributed by atoms with E-state index in [1.807, 2.05) is 0 Å². The molecule has 0 saturated carbocycles. The van der Waals surface area contributed by atoms with Gasteiger partial charge in [0.1, 0.15) is 13.2 Å². The SMILES string of the molecule is CC/C=C\C/C=C\C/C=C\C/C=C\CCCCCCCCCCC(=O)OCC(COC(=O)CCCCCCCCCCCCCCCC)OC(=O)CCCCCC/C=C\C/C=C\C/C=C\C/C=C\CC. The Morgan fingerprint density at radius 1 is 0.300 bits per heavy atom. The number of allylic oxidation sites excluding steroid dienone is 16. The number of unbranched alkanes of at least 4 members (excludes halogenated alkanes) is 25. The second kappa shape index (κ2) is 57.9. The highest BCUT2D eigenvalue weighted by molar-refractivity contribution is 5.71. The smallest absolute Gasteiger partial charge is 0.306 e. The molecule has 0 N–H and O–H groups in total. The highest BCUT2D eigenvalue weighted by Gasteiger charge is 2.19. The van der Waals surface area contributed by atoms with E-state index < -0.39 is 6.10 Å². The van der Waals surface area contributed by atoms with Crippen molar-refractivity contribution in [2.45, 2.75) is 277 Å². The maximum absolute atomic E-state index is 12.9. The molecule has 6 heteroatoms. The molecular weight excluding hydrogens is 865 g/mol. The lowest BCUT2D eigenvalue weighted by atomic mass is 10.0. The van der Waals surface area contributed by atoms with Crippen LogP contribution < -0.4 is 0 Å². The van der Waals surface area contributed by atoms with Gasteiger partial charge in [0.15, 0.2) is 6.10 Å². The summed E-state index contributed by atoms with van der Waals surface area (Å²) >= 11 is 0. The van der Waals surface area contributed by atoms with Crippen LogP contribution in [0.3, 0.4) is 0 Å². The van der Waals surface area contributed by atoms with Crippen molar-refractivity contribution in [2.24, 2.45) is 0 Å². The van der Waals surface area contributed by atoms with Crippen molar-refractivity contribution >= 4 is 17.9 Å². The first-order valence-corrected chi connectivity index (χ1v) is 29.2. The predicted octanol–water partition coefficient (Wildman–Crippen LogP) is 19.7. The lowest BCUT2D eigenvalue weighted by molar-refractivity contribution is -0.167. The van der Waals surface area contributed by atoms with Gasteiger partial charge in [-0.15, -0.1) is 0 Å². The fraction of sp³-hybridized carbons (Fsp3) is 0.703. The molecule has 0 amide bonds. The molecule has 0 heterocycles. The molecule has 0 aliphatic rings. The van der Waals surface area contributed by atoms with E-state index in [0.29, 0.717) is 19.3 Å². The molecule has 0 radical (unpaired) electrons. The number of esters is 3. The second-order valence-electron chi connectivity index (χ2n) is 19.1. The Morgan fingerprint density at radius 2 is 0.557 bits per heavy atom. The third-order valence-electron chi connectivity index (χ3n) is 12.3. The molecule has 1 atom stereocenters. The van der Waals surface area contributed by atoms with Gasteiger partial charge in [0.25, 0.3) is 0 Å². The van der Waals surface area contributed by atoms with E-state index in [1.54, 1.807) is 0 Å². The topological polar surface area (TPSA) is 78.9 Å². The zero-order chi connectivity index (χ0) is 50.7. The van der Waals surface area contributed by atoms with Crippen LogP contribution in [0.1, 0.15) is 271 Å². The van der Waals surface area contributed by atoms with Gasteiger partial charge in [-0.05, 0) is 96.3 Å². The third kappa shape index (κ3) is 55.3. The molecule has 6 nitrogen and oxygen atoms in total. The number of hydrogen-bond acceptors (Lipinski definition) is 6. The summed E-state index contributed by atoms with van der Waals surface area (Å²) in [5, 5.41) is 0. The van der Waals surface area contributed by atoms with Gasteiger partial charge in [-0.2, -0.15) is 0 Å². The summed E-state index contributed by atoms with van der Waals surface area (Å²) in [4.78, 5) is 38.2. The van der Waals surface area contributed by atoms with Gasteiger partial charge < -0.3 is 14.2 Å². The standard InChI is InChI=1S/C64H108O6/c1-4-7-10-13-16-19-22-25-28-30-31-32-33-35-36-39-42-45-48-51-54-57-63(66)69-60-61(59-68-62(65)56-53-50-47-44-41-38-27-24-21-18-15-12-9-6-3)70-64(67)58-55-52-49-46-43-40-37-34-29-26-23-20-17-14-11-8-5-2/h7-8,10-11,16-17,19-20,25-26,28-29,31-32,37,40,61H,4-6,9,12-15,18,21-24,27,30,33-36,38-39,41-60H2,1-3H3/b10-7-,11-8-,19-16-,20-17-,28-25-,29-26-,32-31-,40-37-. The van der Waals surface area contributed by atoms with E-state index >= 15 is 0 Å². The van der Waals surface area contributed by atoms with Crippen LogP contribution in [0.4, 0.5) is 0 Å². The lowest BCUT2D eigenvalue weighted by Crippen LogP contribution is -2.30. The van der Waals surface area contributed by atoms with Crippen LogP contribution in [0, 0.1) is 0 Å². The predicted molar refractivity (Wildman–Crippen MR) is 302 cm³/mol. The number of rotatable bonds is 52. The molecule has 0 aromatic rings. The molecule has 400 valence electrons. The van der Waals surface area contributed by atoms with Gasteiger partial charge in [0.05, 0.1) is 0 Å². The Labute approximate surface area is 432 Å². The zero-order valence-electron chi connectivity index (χ0n) is 45.8. The van der Waals surface area contributed by atoms with E-state index in [-0.39, 0.29) is 31.1 Å². The molecule has 0 bridgehead atoms. The summed E-state index contributed by atoms with van der Waals surface area (Å²) in [5.41, 5.74) is 0. The molecule has 0 aliphatic heterocycles. The minimum atomic E-state index is -0.794. The Hall–Kier alpha value is -3.67. The Bertz CT molecular complexity index is 1400. The van der Waals surface area contributed by atoms with Gasteiger partial charge >= 0.3 is 17.9 Å². The largest absolute Gasteiger partial charge is 0.462 e. The molecule has 0 saturated heterocycles. The van der Waals surface area contributed by atoms with Crippen molar-refractivity contribution in [3.63, 3.8) is 0 Å². The van der Waals surface area contributed by atoms with Gasteiger partial charge in [-0.25, -0.2) is 0 Å². The third-order valence-corrected chi connectivity index (χ3v) is 12.3. The van der Waals surface area contributed by atoms with Crippen molar-refractivity contribution in [2.75, 3.05) is 13.2 Å². The second-order valence-corrected chi connectivity index (χ2v) is 19.1. The van der Waals surface area contributed by atoms with E-state index in [9.17, 15) is 14.4 Å². The molecule has 0 aromatic carbocycles. The Balaban J connectivity index is 4.42. The maximum atomic E-state index is 12.9. The monoisotopic (exact) mass is 973 g/mol. The van der Waals surface area contributed by atoms with Crippen LogP contribution in [0.2, 0.25) is 0 Å². The summed E-state index contributed by atoms with van der Waals surface area (Å²) in [6, 6.07) is 0. The summed E-state index contributed by atoms with van der Waals surface area (Å²) < 4.78 is 16.9. The minimum Gasteiger partial charge on any atom is -0.462 e. The van der Waals surface area contributed by atoms with Crippen LogP contribution in [0.5, 0.6) is 0 Å². The summed E-state index contributed by atoms with van der Waals surface area (Å²) in [6.45, 7) is 6.40. The van der Waals surface area contributed by atoms with Crippen LogP contribution in [-0.4, -0.2) is 37.2 Å². The summed E-state index contributed by atoms with van der Waals surface area (Å²) in [7, 11) is 0. The van der Waals surface area contributed by atoms with Crippen LogP contribution in [0.15, 0.2) is 97.2 Å². The van der Waals surface area contributed by atoms with Crippen molar-refractivity contribution in [3.8, 4) is 0 Å². The fourth-order valence-corrected chi connectivity index (χ4v) is 8.01. The molecule has 1 unspecified atom stereocenters. The first kappa shape index (κ1) is 66.3. The number of hydrogen-bond donors (Lipinski definition) is 0.